The molecule has 0 saturated carbocycles. The van der Waals surface area contributed by atoms with E-state index in [1.807, 2.05) is 26.8 Å². The van der Waals surface area contributed by atoms with E-state index in [9.17, 15) is 4.79 Å². The lowest BCUT2D eigenvalue weighted by molar-refractivity contribution is -0.118. The predicted molar refractivity (Wildman–Crippen MR) is 72.0 cm³/mol. The minimum Gasteiger partial charge on any atom is -0.324 e. The second-order valence-electron chi connectivity index (χ2n) is 4.51. The minimum atomic E-state index is -0.554. The first-order valence-electron chi connectivity index (χ1n) is 6.07. The third kappa shape index (κ3) is 3.08. The van der Waals surface area contributed by atoms with E-state index < -0.39 is 6.04 Å². The Hall–Kier alpha value is -1.86. The van der Waals surface area contributed by atoms with Crippen LogP contribution in [0.15, 0.2) is 18.2 Å². The molecule has 0 aromatic heterocycles. The molecule has 0 aliphatic rings. The number of hydrogen-bond donors (Lipinski definition) is 2. The summed E-state index contributed by atoms with van der Waals surface area (Å²) in [4.78, 5) is 11.9. The molecular formula is C14H19N3O. The predicted octanol–water partition coefficient (Wildman–Crippen LogP) is 2.18. The molecule has 0 heterocycles. The van der Waals surface area contributed by atoms with Gasteiger partial charge in [0, 0.05) is 0 Å². The van der Waals surface area contributed by atoms with E-state index in [0.29, 0.717) is 11.3 Å². The Bertz CT molecular complexity index is 476. The van der Waals surface area contributed by atoms with Gasteiger partial charge in [-0.15, -0.1) is 0 Å². The average molecular weight is 245 g/mol. The molecule has 0 saturated heterocycles. The van der Waals surface area contributed by atoms with Crippen LogP contribution in [0.4, 0.5) is 5.69 Å². The van der Waals surface area contributed by atoms with Crippen LogP contribution in [0.25, 0.3) is 0 Å². The Kier molecular flexibility index (Phi) is 4.87. The van der Waals surface area contributed by atoms with Gasteiger partial charge in [0.05, 0.1) is 17.3 Å². The highest BCUT2D eigenvalue weighted by molar-refractivity contribution is 5.96. The van der Waals surface area contributed by atoms with E-state index in [1.54, 1.807) is 12.1 Å². The Balaban J connectivity index is 2.89. The zero-order valence-corrected chi connectivity index (χ0v) is 11.0. The number of nitrogens with two attached hydrogens (primary N) is 1. The van der Waals surface area contributed by atoms with Gasteiger partial charge in [-0.3, -0.25) is 4.79 Å². The van der Waals surface area contributed by atoms with Crippen LogP contribution in [-0.2, 0) is 4.79 Å². The summed E-state index contributed by atoms with van der Waals surface area (Å²) in [5, 5.41) is 11.8. The molecule has 0 aliphatic heterocycles. The van der Waals surface area contributed by atoms with Gasteiger partial charge in [0.15, 0.2) is 0 Å². The highest BCUT2D eigenvalue weighted by atomic mass is 16.2. The third-order valence-corrected chi connectivity index (χ3v) is 3.20. The van der Waals surface area contributed by atoms with Gasteiger partial charge in [-0.05, 0) is 24.5 Å². The van der Waals surface area contributed by atoms with Crippen molar-refractivity contribution in [3.8, 4) is 6.07 Å². The van der Waals surface area contributed by atoms with Gasteiger partial charge in [0.2, 0.25) is 5.91 Å². The quantitative estimate of drug-likeness (QED) is 0.853. The zero-order valence-electron chi connectivity index (χ0n) is 11.0. The smallest absolute Gasteiger partial charge is 0.241 e. The third-order valence-electron chi connectivity index (χ3n) is 3.20. The maximum Gasteiger partial charge on any atom is 0.241 e. The molecule has 18 heavy (non-hydrogen) atoms. The second kappa shape index (κ2) is 6.18. The standard InChI is InChI=1S/C14H19N3O/c1-4-9(2)13(16)14(18)17-12-7-5-6-10(3)11(12)8-15/h5-7,9,13H,4,16H2,1-3H3,(H,17,18)/t9-,13-/m0/s1. The Morgan fingerprint density at radius 2 is 2.22 bits per heavy atom. The van der Waals surface area contributed by atoms with Crippen molar-refractivity contribution in [3.05, 3.63) is 29.3 Å². The molecule has 0 fully saturated rings. The Labute approximate surface area is 108 Å². The molecule has 96 valence electrons. The molecule has 0 spiro atoms. The summed E-state index contributed by atoms with van der Waals surface area (Å²) in [5.41, 5.74) is 7.71. The summed E-state index contributed by atoms with van der Waals surface area (Å²) in [6.07, 6.45) is 0.841. The number of amides is 1. The number of nitrogens with one attached hydrogen (secondary N) is 1. The normalized spacial score (nSPS) is 13.5. The number of rotatable bonds is 4. The lowest BCUT2D eigenvalue weighted by atomic mass is 9.99. The van der Waals surface area contributed by atoms with Crippen LogP contribution < -0.4 is 11.1 Å². The van der Waals surface area contributed by atoms with Crippen LogP contribution in [0.3, 0.4) is 0 Å². The number of hydrogen-bond acceptors (Lipinski definition) is 3. The van der Waals surface area contributed by atoms with Crippen molar-refractivity contribution >= 4 is 11.6 Å². The molecule has 0 unspecified atom stereocenters. The summed E-state index contributed by atoms with van der Waals surface area (Å²) >= 11 is 0. The summed E-state index contributed by atoms with van der Waals surface area (Å²) < 4.78 is 0. The van der Waals surface area contributed by atoms with Crippen molar-refractivity contribution in [2.75, 3.05) is 5.32 Å². The van der Waals surface area contributed by atoms with Crippen LogP contribution in [0.2, 0.25) is 0 Å². The molecule has 1 aromatic rings. The topological polar surface area (TPSA) is 78.9 Å². The first-order chi connectivity index (χ1) is 8.51. The van der Waals surface area contributed by atoms with Gasteiger partial charge in [-0.25, -0.2) is 0 Å². The molecular weight excluding hydrogens is 226 g/mol. The van der Waals surface area contributed by atoms with Crippen molar-refractivity contribution in [3.63, 3.8) is 0 Å². The first kappa shape index (κ1) is 14.2. The maximum atomic E-state index is 11.9. The van der Waals surface area contributed by atoms with Gasteiger partial charge in [-0.1, -0.05) is 32.4 Å². The minimum absolute atomic E-state index is 0.111. The number of nitriles is 1. The van der Waals surface area contributed by atoms with Gasteiger partial charge in [-0.2, -0.15) is 5.26 Å². The van der Waals surface area contributed by atoms with E-state index in [-0.39, 0.29) is 11.8 Å². The number of carbonyl (C=O) groups is 1. The van der Waals surface area contributed by atoms with Gasteiger partial charge in [0.25, 0.3) is 0 Å². The molecule has 1 amide bonds. The molecule has 4 nitrogen and oxygen atoms in total. The molecule has 1 aromatic carbocycles. The second-order valence-corrected chi connectivity index (χ2v) is 4.51. The van der Waals surface area contributed by atoms with Gasteiger partial charge >= 0.3 is 0 Å². The molecule has 1 rings (SSSR count). The van der Waals surface area contributed by atoms with Crippen molar-refractivity contribution in [2.45, 2.75) is 33.2 Å². The van der Waals surface area contributed by atoms with Crippen LogP contribution in [-0.4, -0.2) is 11.9 Å². The van der Waals surface area contributed by atoms with Gasteiger partial charge in [0.1, 0.15) is 6.07 Å². The highest BCUT2D eigenvalue weighted by Gasteiger charge is 2.20. The Morgan fingerprint density at radius 1 is 1.56 bits per heavy atom. The molecule has 4 heteroatoms. The van der Waals surface area contributed by atoms with Crippen LogP contribution in [0.1, 0.15) is 31.4 Å². The fourth-order valence-electron chi connectivity index (χ4n) is 1.65. The highest BCUT2D eigenvalue weighted by Crippen LogP contribution is 2.19. The van der Waals surface area contributed by atoms with Crippen molar-refractivity contribution in [1.29, 1.82) is 5.26 Å². The average Bonchev–Trinajstić information content (AvgIpc) is 2.37. The summed E-state index contributed by atoms with van der Waals surface area (Å²) in [6, 6.07) is 6.90. The summed E-state index contributed by atoms with van der Waals surface area (Å²) in [7, 11) is 0. The van der Waals surface area contributed by atoms with E-state index in [4.69, 9.17) is 11.0 Å². The van der Waals surface area contributed by atoms with Crippen LogP contribution in [0, 0.1) is 24.2 Å². The largest absolute Gasteiger partial charge is 0.324 e. The van der Waals surface area contributed by atoms with Crippen LogP contribution in [0.5, 0.6) is 0 Å². The van der Waals surface area contributed by atoms with E-state index in [2.05, 4.69) is 11.4 Å². The lowest BCUT2D eigenvalue weighted by Crippen LogP contribution is -2.40. The number of anilines is 1. The molecule has 3 N–H and O–H groups in total. The monoisotopic (exact) mass is 245 g/mol. The maximum absolute atomic E-state index is 11.9. The number of aryl methyl sites for hydroxylation is 1. The lowest BCUT2D eigenvalue weighted by Gasteiger charge is -2.18. The number of nitrogens with zero attached hydrogens (tertiary/aromatic N) is 1. The molecule has 0 bridgehead atoms. The molecule has 0 radical (unpaired) electrons. The van der Waals surface area contributed by atoms with Crippen molar-refractivity contribution in [1.82, 2.24) is 0 Å². The fourth-order valence-corrected chi connectivity index (χ4v) is 1.65. The molecule has 2 atom stereocenters. The number of benzene rings is 1. The van der Waals surface area contributed by atoms with E-state index in [1.165, 1.54) is 0 Å². The Morgan fingerprint density at radius 3 is 2.78 bits per heavy atom. The molecule has 0 aliphatic carbocycles. The zero-order chi connectivity index (χ0) is 13.7. The van der Waals surface area contributed by atoms with E-state index in [0.717, 1.165) is 12.0 Å². The van der Waals surface area contributed by atoms with Crippen molar-refractivity contribution in [2.24, 2.45) is 11.7 Å². The number of carbonyl (C=O) groups excluding carboxylic acids is 1. The van der Waals surface area contributed by atoms with Gasteiger partial charge < -0.3 is 11.1 Å². The SMILES string of the molecule is CC[C@H](C)[C@H](N)C(=O)Nc1cccc(C)c1C#N. The van der Waals surface area contributed by atoms with Crippen molar-refractivity contribution < 1.29 is 4.79 Å². The summed E-state index contributed by atoms with van der Waals surface area (Å²) in [5.74, 6) is -0.133. The van der Waals surface area contributed by atoms with Crippen LogP contribution >= 0.6 is 0 Å². The first-order valence-corrected chi connectivity index (χ1v) is 6.07. The van der Waals surface area contributed by atoms with E-state index >= 15 is 0 Å². The fraction of sp³-hybridized carbons (Fsp3) is 0.429. The summed E-state index contributed by atoms with van der Waals surface area (Å²) in [6.45, 7) is 5.76.